The van der Waals surface area contributed by atoms with Crippen LogP contribution in [0.15, 0.2) is 0 Å². The third-order valence-corrected chi connectivity index (χ3v) is 4.06. The van der Waals surface area contributed by atoms with Crippen LogP contribution in [0.5, 0.6) is 0 Å². The molecule has 0 aromatic rings. The first-order valence-electron chi connectivity index (χ1n) is 9.48. The molecule has 0 aromatic heterocycles. The van der Waals surface area contributed by atoms with Crippen LogP contribution in [0.3, 0.4) is 0 Å². The van der Waals surface area contributed by atoms with Crippen molar-refractivity contribution in [2.75, 3.05) is 19.6 Å². The van der Waals surface area contributed by atoms with Gasteiger partial charge in [-0.15, -0.1) is 0 Å². The number of hydrogen-bond acceptors (Lipinski definition) is 7. The van der Waals surface area contributed by atoms with E-state index in [2.05, 4.69) is 16.0 Å². The molecular formula is C17H34N6O5. The number of rotatable bonds is 15. The number of nitrogens with one attached hydrogen (secondary N) is 3. The van der Waals surface area contributed by atoms with Crippen LogP contribution in [-0.2, 0) is 19.2 Å². The molecule has 3 amide bonds. The van der Waals surface area contributed by atoms with E-state index in [1.165, 1.54) is 6.92 Å². The molecule has 162 valence electrons. The maximum Gasteiger partial charge on any atom is 0.325 e. The van der Waals surface area contributed by atoms with Gasteiger partial charge in [0.05, 0.1) is 12.6 Å². The lowest BCUT2D eigenvalue weighted by molar-refractivity contribution is -0.141. The lowest BCUT2D eigenvalue weighted by Crippen LogP contribution is -2.53. The lowest BCUT2D eigenvalue weighted by Gasteiger charge is -2.20. The van der Waals surface area contributed by atoms with Gasteiger partial charge in [-0.2, -0.15) is 0 Å². The monoisotopic (exact) mass is 402 g/mol. The Morgan fingerprint density at radius 2 is 1.46 bits per heavy atom. The fourth-order valence-corrected chi connectivity index (χ4v) is 2.32. The number of carbonyl (C=O) groups excluding carboxylic acids is 3. The first-order chi connectivity index (χ1) is 13.2. The number of carboxylic acid groups (broad SMARTS) is 1. The predicted molar refractivity (Wildman–Crippen MR) is 104 cm³/mol. The van der Waals surface area contributed by atoms with Crippen molar-refractivity contribution in [3.8, 4) is 0 Å². The van der Waals surface area contributed by atoms with Crippen molar-refractivity contribution < 1.29 is 24.3 Å². The van der Waals surface area contributed by atoms with Gasteiger partial charge in [0, 0.05) is 0 Å². The average molecular weight is 402 g/mol. The molecule has 0 aliphatic heterocycles. The summed E-state index contributed by atoms with van der Waals surface area (Å²) < 4.78 is 0. The Kier molecular flexibility index (Phi) is 13.6. The molecular weight excluding hydrogens is 368 g/mol. The fourth-order valence-electron chi connectivity index (χ4n) is 2.32. The van der Waals surface area contributed by atoms with E-state index >= 15 is 0 Å². The maximum atomic E-state index is 12.2. The highest BCUT2D eigenvalue weighted by atomic mass is 16.4. The van der Waals surface area contributed by atoms with Gasteiger partial charge in [-0.1, -0.05) is 6.42 Å². The van der Waals surface area contributed by atoms with E-state index in [1.807, 2.05) is 0 Å². The van der Waals surface area contributed by atoms with E-state index in [1.54, 1.807) is 0 Å². The Balaban J connectivity index is 4.58. The minimum Gasteiger partial charge on any atom is -0.480 e. The van der Waals surface area contributed by atoms with Crippen LogP contribution in [0.25, 0.3) is 0 Å². The molecule has 0 spiro atoms. The highest BCUT2D eigenvalue weighted by Gasteiger charge is 2.24. The zero-order chi connectivity index (χ0) is 21.5. The van der Waals surface area contributed by atoms with Crippen molar-refractivity contribution in [2.45, 2.75) is 63.6 Å². The molecule has 11 nitrogen and oxygen atoms in total. The summed E-state index contributed by atoms with van der Waals surface area (Å²) in [5.74, 6) is -2.82. The van der Waals surface area contributed by atoms with Crippen molar-refractivity contribution in [3.63, 3.8) is 0 Å². The number of unbranched alkanes of at least 4 members (excludes halogenated alkanes) is 2. The van der Waals surface area contributed by atoms with E-state index in [4.69, 9.17) is 22.3 Å². The smallest absolute Gasteiger partial charge is 0.325 e. The van der Waals surface area contributed by atoms with Crippen molar-refractivity contribution in [1.29, 1.82) is 0 Å². The minimum absolute atomic E-state index is 0.299. The summed E-state index contributed by atoms with van der Waals surface area (Å²) >= 11 is 0. The summed E-state index contributed by atoms with van der Waals surface area (Å²) in [6.45, 7) is 1.95. The van der Waals surface area contributed by atoms with Crippen molar-refractivity contribution in [3.05, 3.63) is 0 Å². The van der Waals surface area contributed by atoms with Crippen LogP contribution < -0.4 is 33.2 Å². The molecule has 0 rings (SSSR count). The molecule has 0 radical (unpaired) electrons. The zero-order valence-electron chi connectivity index (χ0n) is 16.4. The molecule has 3 unspecified atom stereocenters. The predicted octanol–water partition coefficient (Wildman–Crippen LogP) is -2.24. The van der Waals surface area contributed by atoms with E-state index in [-0.39, 0.29) is 6.54 Å². The average Bonchev–Trinajstić information content (AvgIpc) is 2.65. The van der Waals surface area contributed by atoms with Crippen LogP contribution in [-0.4, -0.2) is 66.6 Å². The van der Waals surface area contributed by atoms with Gasteiger partial charge in [-0.05, 0) is 52.1 Å². The van der Waals surface area contributed by atoms with E-state index in [9.17, 15) is 19.2 Å². The van der Waals surface area contributed by atoms with Gasteiger partial charge in [0.25, 0.3) is 0 Å². The minimum atomic E-state index is -1.18. The Morgan fingerprint density at radius 3 is 2.00 bits per heavy atom. The Hall–Kier alpha value is -2.24. The molecule has 0 fully saturated rings. The molecule has 3 atom stereocenters. The summed E-state index contributed by atoms with van der Waals surface area (Å²) in [5.41, 5.74) is 16.6. The molecule has 0 aliphatic rings. The van der Waals surface area contributed by atoms with Gasteiger partial charge < -0.3 is 38.3 Å². The first kappa shape index (κ1) is 25.8. The highest BCUT2D eigenvalue weighted by Crippen LogP contribution is 2.02. The number of amides is 3. The Bertz CT molecular complexity index is 516. The van der Waals surface area contributed by atoms with Gasteiger partial charge in [0.15, 0.2) is 0 Å². The zero-order valence-corrected chi connectivity index (χ0v) is 16.4. The largest absolute Gasteiger partial charge is 0.480 e. The molecule has 0 bridgehead atoms. The molecule has 0 saturated heterocycles. The summed E-state index contributed by atoms with van der Waals surface area (Å²) in [4.78, 5) is 47.1. The molecule has 0 aliphatic carbocycles. The summed E-state index contributed by atoms with van der Waals surface area (Å²) in [6.07, 6.45) is 3.46. The normalized spacial score (nSPS) is 13.9. The van der Waals surface area contributed by atoms with Gasteiger partial charge >= 0.3 is 5.97 Å². The van der Waals surface area contributed by atoms with Gasteiger partial charge in [0.1, 0.15) is 12.1 Å². The molecule has 0 heterocycles. The molecule has 11 heteroatoms. The number of carboxylic acids is 1. The number of aliphatic carboxylic acids is 1. The summed E-state index contributed by atoms with van der Waals surface area (Å²) in [5, 5.41) is 16.2. The van der Waals surface area contributed by atoms with Crippen LogP contribution in [0.1, 0.15) is 45.4 Å². The van der Waals surface area contributed by atoms with Crippen molar-refractivity contribution >= 4 is 23.7 Å². The fraction of sp³-hybridized carbons (Fsp3) is 0.765. The van der Waals surface area contributed by atoms with Crippen molar-refractivity contribution in [2.24, 2.45) is 17.2 Å². The van der Waals surface area contributed by atoms with Crippen molar-refractivity contribution in [1.82, 2.24) is 16.0 Å². The Morgan fingerprint density at radius 1 is 0.893 bits per heavy atom. The number of hydrogen-bond donors (Lipinski definition) is 7. The third-order valence-electron chi connectivity index (χ3n) is 4.06. The molecule has 0 saturated carbocycles. The first-order valence-corrected chi connectivity index (χ1v) is 9.48. The summed E-state index contributed by atoms with van der Waals surface area (Å²) in [7, 11) is 0. The van der Waals surface area contributed by atoms with E-state index in [0.717, 1.165) is 6.42 Å². The third kappa shape index (κ3) is 11.5. The highest BCUT2D eigenvalue weighted by molar-refractivity contribution is 5.92. The van der Waals surface area contributed by atoms with Gasteiger partial charge in [-0.3, -0.25) is 19.2 Å². The standard InChI is InChI=1S/C17H34N6O5/c1-11(17(27)28)22-16(26)13(7-3-5-9-19)23-14(24)10-21-15(25)12(20)6-2-4-8-18/h11-13H,2-10,18-20H2,1H3,(H,21,25)(H,22,26)(H,23,24)(H,27,28). The van der Waals surface area contributed by atoms with Gasteiger partial charge in [-0.25, -0.2) is 0 Å². The van der Waals surface area contributed by atoms with E-state index < -0.39 is 41.8 Å². The maximum absolute atomic E-state index is 12.2. The van der Waals surface area contributed by atoms with E-state index in [0.29, 0.717) is 45.2 Å². The quantitative estimate of drug-likeness (QED) is 0.149. The second kappa shape index (κ2) is 14.8. The van der Waals surface area contributed by atoms with Crippen LogP contribution in [0.4, 0.5) is 0 Å². The lowest BCUT2D eigenvalue weighted by atomic mass is 10.1. The summed E-state index contributed by atoms with van der Waals surface area (Å²) in [6, 6.07) is -2.75. The molecule has 28 heavy (non-hydrogen) atoms. The van der Waals surface area contributed by atoms with Crippen LogP contribution in [0, 0.1) is 0 Å². The van der Waals surface area contributed by atoms with Crippen LogP contribution in [0.2, 0.25) is 0 Å². The second-order valence-electron chi connectivity index (χ2n) is 6.58. The Labute approximate surface area is 165 Å². The number of carbonyl (C=O) groups is 4. The molecule has 0 aromatic carbocycles. The SMILES string of the molecule is CC(NC(=O)C(CCCCN)NC(=O)CNC(=O)C(N)CCCCN)C(=O)O. The van der Waals surface area contributed by atoms with Gasteiger partial charge in [0.2, 0.25) is 17.7 Å². The molecule has 10 N–H and O–H groups in total. The second-order valence-corrected chi connectivity index (χ2v) is 6.58. The topological polar surface area (TPSA) is 203 Å². The van der Waals surface area contributed by atoms with Crippen LogP contribution >= 0.6 is 0 Å². The number of nitrogens with two attached hydrogens (primary N) is 3.